The number of nitrogens with two attached hydrogens (primary N) is 1. The molecule has 0 saturated carbocycles. The number of unbranched alkanes of at least 4 members (excludes halogenated alkanes) is 4. The number of furan rings is 1. The Morgan fingerprint density at radius 3 is 2.53 bits per heavy atom. The maximum atomic E-state index is 10.5. The molecule has 2 heterocycles. The molecule has 240 valence electrons. The number of hydrogen-bond acceptors (Lipinski definition) is 8. The van der Waals surface area contributed by atoms with Crippen LogP contribution in [0.5, 0.6) is 11.5 Å². The third-order valence-corrected chi connectivity index (χ3v) is 7.83. The molecule has 0 fully saturated rings. The van der Waals surface area contributed by atoms with Crippen LogP contribution in [0.4, 0.5) is 0 Å². The van der Waals surface area contributed by atoms with Crippen LogP contribution in [0.15, 0.2) is 40.9 Å². The number of aromatic hydroxyl groups is 1. The average molecular weight is 599 g/mol. The van der Waals surface area contributed by atoms with Gasteiger partial charge in [-0.05, 0) is 80.6 Å². The third-order valence-electron chi connectivity index (χ3n) is 7.83. The first-order valence-corrected chi connectivity index (χ1v) is 16.0. The predicted molar refractivity (Wildman–Crippen MR) is 172 cm³/mol. The summed E-state index contributed by atoms with van der Waals surface area (Å²) in [5, 5.41) is 36.6. The number of hydrogen-bond donors (Lipinski definition) is 7. The molecule has 0 aliphatic carbocycles. The quantitative estimate of drug-likeness (QED) is 0.0812. The van der Waals surface area contributed by atoms with Gasteiger partial charge in [0.05, 0.1) is 18.8 Å². The predicted octanol–water partition coefficient (Wildman–Crippen LogP) is 4.85. The van der Waals surface area contributed by atoms with Gasteiger partial charge in [-0.25, -0.2) is 0 Å². The Morgan fingerprint density at radius 2 is 1.79 bits per heavy atom. The Bertz CT molecular complexity index is 1190. The minimum atomic E-state index is -0.368. The van der Waals surface area contributed by atoms with Crippen LogP contribution in [0, 0.1) is 0 Å². The van der Waals surface area contributed by atoms with Gasteiger partial charge in [-0.15, -0.1) is 0 Å². The van der Waals surface area contributed by atoms with Crippen molar-refractivity contribution in [2.24, 2.45) is 5.73 Å². The zero-order chi connectivity index (χ0) is 31.0. The summed E-state index contributed by atoms with van der Waals surface area (Å²) in [7, 11) is 0. The Labute approximate surface area is 257 Å². The molecule has 1 aromatic carbocycles. The number of aromatic nitrogens is 1. The SMILES string of the molecule is CCNC(COc1cc(CCc2cc(CO)c(CCCCCCCN)o2)ccc1O)c1cc(C(C)CNCC(C)O)c[nH]1. The van der Waals surface area contributed by atoms with Gasteiger partial charge in [-0.3, -0.25) is 0 Å². The fourth-order valence-corrected chi connectivity index (χ4v) is 5.27. The number of benzene rings is 1. The number of aryl methyl sites for hydroxylation is 3. The lowest BCUT2D eigenvalue weighted by Crippen LogP contribution is -2.28. The van der Waals surface area contributed by atoms with E-state index in [-0.39, 0.29) is 30.4 Å². The lowest BCUT2D eigenvalue weighted by Gasteiger charge is -2.18. The van der Waals surface area contributed by atoms with Gasteiger partial charge in [0, 0.05) is 43.4 Å². The van der Waals surface area contributed by atoms with Crippen molar-refractivity contribution >= 4 is 0 Å². The van der Waals surface area contributed by atoms with Crippen molar-refractivity contribution in [3.8, 4) is 11.5 Å². The molecule has 0 saturated heterocycles. The normalized spacial score (nSPS) is 13.7. The first-order chi connectivity index (χ1) is 20.8. The highest BCUT2D eigenvalue weighted by Gasteiger charge is 2.17. The van der Waals surface area contributed by atoms with E-state index in [0.29, 0.717) is 25.3 Å². The molecule has 8 N–H and O–H groups in total. The van der Waals surface area contributed by atoms with E-state index in [1.165, 1.54) is 12.0 Å². The molecule has 3 aromatic rings. The molecule has 2 aromatic heterocycles. The molecule has 9 nitrogen and oxygen atoms in total. The van der Waals surface area contributed by atoms with E-state index >= 15 is 0 Å². The number of aliphatic hydroxyl groups excluding tert-OH is 2. The average Bonchev–Trinajstić information content (AvgIpc) is 3.64. The fourth-order valence-electron chi connectivity index (χ4n) is 5.27. The highest BCUT2D eigenvalue weighted by Crippen LogP contribution is 2.29. The Hall–Kier alpha value is -2.82. The Balaban J connectivity index is 1.55. The van der Waals surface area contributed by atoms with E-state index in [2.05, 4.69) is 35.5 Å². The molecule has 0 amide bonds. The summed E-state index contributed by atoms with van der Waals surface area (Å²) in [6.45, 7) is 9.20. The van der Waals surface area contributed by atoms with Crippen LogP contribution in [0.3, 0.4) is 0 Å². The van der Waals surface area contributed by atoms with Gasteiger partial charge in [0.1, 0.15) is 18.1 Å². The van der Waals surface area contributed by atoms with E-state index in [4.69, 9.17) is 14.9 Å². The van der Waals surface area contributed by atoms with Crippen molar-refractivity contribution in [3.05, 3.63) is 70.4 Å². The first-order valence-electron chi connectivity index (χ1n) is 16.0. The summed E-state index contributed by atoms with van der Waals surface area (Å²) in [5.74, 6) is 2.60. The van der Waals surface area contributed by atoms with Crippen LogP contribution in [0.1, 0.15) is 98.7 Å². The summed E-state index contributed by atoms with van der Waals surface area (Å²) in [6, 6.07) is 9.54. The topological polar surface area (TPSA) is 149 Å². The highest BCUT2D eigenvalue weighted by atomic mass is 16.5. The standard InChI is InChI=1S/C34H54N4O5/c1-4-37-31(30-18-27(21-38-30)24(2)19-36-20-25(3)40)23-42-34-16-26(12-14-32(34)41)11-13-29-17-28(22-39)33(43-29)10-8-6-5-7-9-15-35/h12,14,16-18,21,24-25,31,36-41H,4-11,13,15,19-20,22-23,35H2,1-3H3. The van der Waals surface area contributed by atoms with Gasteiger partial charge in [0.15, 0.2) is 11.5 Å². The van der Waals surface area contributed by atoms with Gasteiger partial charge in [-0.1, -0.05) is 39.2 Å². The monoisotopic (exact) mass is 598 g/mol. The summed E-state index contributed by atoms with van der Waals surface area (Å²) < 4.78 is 12.3. The summed E-state index contributed by atoms with van der Waals surface area (Å²) in [6.07, 6.45) is 9.51. The number of likely N-dealkylation sites (N-methyl/N-ethyl adjacent to an activating group) is 1. The van der Waals surface area contributed by atoms with Crippen LogP contribution in [0.25, 0.3) is 0 Å². The van der Waals surface area contributed by atoms with Gasteiger partial charge >= 0.3 is 0 Å². The molecule has 43 heavy (non-hydrogen) atoms. The summed E-state index contributed by atoms with van der Waals surface area (Å²) >= 11 is 0. The van der Waals surface area contributed by atoms with Crippen LogP contribution < -0.4 is 21.1 Å². The van der Waals surface area contributed by atoms with Crippen molar-refractivity contribution in [1.82, 2.24) is 15.6 Å². The largest absolute Gasteiger partial charge is 0.504 e. The molecule has 9 heteroatoms. The van der Waals surface area contributed by atoms with Crippen molar-refractivity contribution in [3.63, 3.8) is 0 Å². The molecule has 0 aliphatic rings. The second-order valence-corrected chi connectivity index (χ2v) is 11.6. The number of H-pyrrole nitrogens is 1. The minimum absolute atomic E-state index is 0.0166. The van der Waals surface area contributed by atoms with Crippen LogP contribution in [-0.2, 0) is 25.9 Å². The van der Waals surface area contributed by atoms with Crippen LogP contribution >= 0.6 is 0 Å². The molecule has 0 spiro atoms. The summed E-state index contributed by atoms with van der Waals surface area (Å²) in [4.78, 5) is 3.39. The number of nitrogens with one attached hydrogen (secondary N) is 3. The molecule has 0 bridgehead atoms. The zero-order valence-corrected chi connectivity index (χ0v) is 26.3. The smallest absolute Gasteiger partial charge is 0.161 e. The first kappa shape index (κ1) is 34.7. The number of aromatic amines is 1. The molecule has 3 unspecified atom stereocenters. The Morgan fingerprint density at radius 1 is 1.00 bits per heavy atom. The molecule has 3 atom stereocenters. The highest BCUT2D eigenvalue weighted by molar-refractivity contribution is 5.42. The lowest BCUT2D eigenvalue weighted by molar-refractivity contribution is 0.191. The molecule has 3 rings (SSSR count). The van der Waals surface area contributed by atoms with E-state index < -0.39 is 0 Å². The molecule has 0 aliphatic heterocycles. The molecule has 0 radical (unpaired) electrons. The van der Waals surface area contributed by atoms with Crippen LogP contribution in [0.2, 0.25) is 0 Å². The number of ether oxygens (including phenoxy) is 1. The third kappa shape index (κ3) is 11.7. The van der Waals surface area contributed by atoms with E-state index in [9.17, 15) is 15.3 Å². The lowest BCUT2D eigenvalue weighted by atomic mass is 10.0. The van der Waals surface area contributed by atoms with E-state index in [1.54, 1.807) is 13.0 Å². The van der Waals surface area contributed by atoms with Crippen molar-refractivity contribution in [2.45, 2.75) is 96.8 Å². The Kier molecular flexibility index (Phi) is 15.1. The number of phenols is 1. The van der Waals surface area contributed by atoms with Gasteiger partial charge in [-0.2, -0.15) is 0 Å². The molecular formula is C34H54N4O5. The number of phenolic OH excluding ortho intramolecular Hbond substituents is 1. The summed E-state index contributed by atoms with van der Waals surface area (Å²) in [5.41, 5.74) is 9.70. The van der Waals surface area contributed by atoms with Crippen molar-refractivity contribution < 1.29 is 24.5 Å². The van der Waals surface area contributed by atoms with E-state index in [0.717, 1.165) is 86.5 Å². The number of rotatable bonds is 22. The van der Waals surface area contributed by atoms with Crippen LogP contribution in [-0.4, -0.2) is 59.2 Å². The zero-order valence-electron chi connectivity index (χ0n) is 26.3. The van der Waals surface area contributed by atoms with Gasteiger partial charge in [0.25, 0.3) is 0 Å². The minimum Gasteiger partial charge on any atom is -0.504 e. The maximum Gasteiger partial charge on any atom is 0.161 e. The van der Waals surface area contributed by atoms with Gasteiger partial charge < -0.3 is 45.8 Å². The second kappa shape index (κ2) is 18.8. The van der Waals surface area contributed by atoms with Gasteiger partial charge in [0.2, 0.25) is 0 Å². The van der Waals surface area contributed by atoms with Crippen molar-refractivity contribution in [1.29, 1.82) is 0 Å². The fraction of sp³-hybridized carbons (Fsp3) is 0.588. The maximum absolute atomic E-state index is 10.5. The van der Waals surface area contributed by atoms with E-state index in [1.807, 2.05) is 24.4 Å². The van der Waals surface area contributed by atoms with Crippen molar-refractivity contribution in [2.75, 3.05) is 32.8 Å². The number of aliphatic hydroxyl groups is 2. The molecular weight excluding hydrogens is 544 g/mol. The second-order valence-electron chi connectivity index (χ2n) is 11.6.